The second-order valence-corrected chi connectivity index (χ2v) is 8.01. The fourth-order valence-corrected chi connectivity index (χ4v) is 2.51. The highest BCUT2D eigenvalue weighted by Crippen LogP contribution is 2.26. The van der Waals surface area contributed by atoms with Crippen molar-refractivity contribution in [1.82, 2.24) is 0 Å². The summed E-state index contributed by atoms with van der Waals surface area (Å²) in [6.07, 6.45) is 8.17. The van der Waals surface area contributed by atoms with Crippen molar-refractivity contribution in [2.45, 2.75) is 61.8 Å². The Morgan fingerprint density at radius 1 is 1.00 bits per heavy atom. The first-order valence-corrected chi connectivity index (χ1v) is 15.5. The second kappa shape index (κ2) is 58.0. The smallest absolute Gasteiger partial charge is 0.229 e. The third-order valence-electron chi connectivity index (χ3n) is 3.19. The number of ether oxygens (including phenoxy) is 1. The summed E-state index contributed by atoms with van der Waals surface area (Å²) in [4.78, 5) is 25.0. The third-order valence-corrected chi connectivity index (χ3v) is 4.75. The van der Waals surface area contributed by atoms with Crippen molar-refractivity contribution in [1.29, 1.82) is 0 Å². The first-order chi connectivity index (χ1) is 20.2. The molecule has 0 radical (unpaired) electrons. The molecule has 0 amide bonds. The summed E-state index contributed by atoms with van der Waals surface area (Å²) < 4.78 is 23.8. The van der Waals surface area contributed by atoms with Gasteiger partial charge in [-0.2, -0.15) is 0 Å². The van der Waals surface area contributed by atoms with Gasteiger partial charge in [-0.15, -0.1) is 19.7 Å². The van der Waals surface area contributed by atoms with Gasteiger partial charge in [-0.1, -0.05) is 107 Å². The van der Waals surface area contributed by atoms with Crippen LogP contribution in [-0.4, -0.2) is 51.2 Å². The van der Waals surface area contributed by atoms with Crippen LogP contribution in [0.25, 0.3) is 4.91 Å². The lowest BCUT2D eigenvalue weighted by Gasteiger charge is -2.01. The number of methoxy groups -OCH3 is 1. The zero-order chi connectivity index (χ0) is 34.6. The molecule has 244 valence electrons. The van der Waals surface area contributed by atoms with Crippen LogP contribution in [0.15, 0.2) is 90.3 Å². The van der Waals surface area contributed by atoms with Gasteiger partial charge >= 0.3 is 0 Å². The highest BCUT2D eigenvalue weighted by Gasteiger charge is 1.96. The Bertz CT molecular complexity index is 787. The van der Waals surface area contributed by atoms with Crippen LogP contribution in [0.4, 0.5) is 8.78 Å². The van der Waals surface area contributed by atoms with Gasteiger partial charge in [0.1, 0.15) is 12.6 Å². The number of benzene rings is 1. The van der Waals surface area contributed by atoms with Crippen LogP contribution in [0.1, 0.15) is 67.4 Å². The Labute approximate surface area is 265 Å². The summed E-state index contributed by atoms with van der Waals surface area (Å²) in [6.45, 7) is 28.6. The minimum Gasteiger partial charge on any atom is -0.381 e. The Morgan fingerprint density at radius 2 is 1.45 bits per heavy atom. The largest absolute Gasteiger partial charge is 0.381 e. The van der Waals surface area contributed by atoms with E-state index in [-0.39, 0.29) is 0 Å². The van der Waals surface area contributed by atoms with Crippen molar-refractivity contribution in [2.24, 2.45) is 10.7 Å². The number of halogens is 2. The number of nitrogens with two attached hydrogens (primary N) is 1. The number of carbonyl (C=O) groups excluding carboxylic acids is 2. The average Bonchev–Trinajstić information content (AvgIpc) is 3.04. The molecule has 5 nitrogen and oxygen atoms in total. The number of allylic oxidation sites excluding steroid dienone is 3. The van der Waals surface area contributed by atoms with Crippen molar-refractivity contribution >= 4 is 46.2 Å². The second-order valence-electron chi connectivity index (χ2n) is 6.22. The van der Waals surface area contributed by atoms with E-state index in [4.69, 9.17) is 5.73 Å². The maximum absolute atomic E-state index is 10.3. The normalized spacial score (nSPS) is 9.29. The molecule has 0 saturated heterocycles. The van der Waals surface area contributed by atoms with E-state index >= 15 is 0 Å². The third kappa shape index (κ3) is 61.3. The summed E-state index contributed by atoms with van der Waals surface area (Å²) in [6, 6.07) is 9.90. The van der Waals surface area contributed by atoms with E-state index in [0.29, 0.717) is 17.3 Å². The van der Waals surface area contributed by atoms with Gasteiger partial charge in [0.05, 0.1) is 6.61 Å². The first-order valence-electron chi connectivity index (χ1n) is 13.4. The molecule has 0 saturated carbocycles. The minimum atomic E-state index is -1.75. The van der Waals surface area contributed by atoms with Crippen LogP contribution in [0.3, 0.4) is 0 Å². The standard InChI is InChI=1S/C12H12OS.C6H10O.C4H10N2S.C4H8O.2C2H6.C2H4.CH2F2/c1-10(8-13)9-14-11(2)12-6-4-3-5-7-12;1-3-4-6(2)5-7;1-3-6-4(5)7-2;1-3-4-5-2;3*1-2;2-1-3/h3-9H,2H2,1H3;4-5H,3H2,1-2H3;3H2,1-2H3,(H2,5,6);3H,1,4H2,2H3;2*1-2H3;1-2H2;1H2/b10-9+;6-4+;;;;;;. The van der Waals surface area contributed by atoms with Crippen LogP contribution >= 0.6 is 23.5 Å². The van der Waals surface area contributed by atoms with Crippen LogP contribution < -0.4 is 5.73 Å². The van der Waals surface area contributed by atoms with E-state index in [2.05, 4.69) is 36.0 Å². The molecule has 0 aliphatic rings. The number of hydrogen-bond acceptors (Lipinski definition) is 6. The summed E-state index contributed by atoms with van der Waals surface area (Å²) in [5, 5.41) is 2.48. The highest BCUT2D eigenvalue weighted by atomic mass is 32.2. The van der Waals surface area contributed by atoms with Crippen molar-refractivity contribution in [3.63, 3.8) is 0 Å². The van der Waals surface area contributed by atoms with Gasteiger partial charge in [0.15, 0.2) is 5.17 Å². The minimum absolute atomic E-state index is 0.653. The summed E-state index contributed by atoms with van der Waals surface area (Å²) in [5.74, 6) is 0. The van der Waals surface area contributed by atoms with Gasteiger partial charge in [-0.3, -0.25) is 14.6 Å². The van der Waals surface area contributed by atoms with E-state index in [1.54, 1.807) is 27.0 Å². The molecule has 9 heteroatoms. The zero-order valence-corrected chi connectivity index (χ0v) is 29.4. The van der Waals surface area contributed by atoms with E-state index in [9.17, 15) is 18.4 Å². The van der Waals surface area contributed by atoms with Crippen molar-refractivity contribution < 1.29 is 23.1 Å². The molecular weight excluding hydrogens is 575 g/mol. The molecule has 0 aromatic heterocycles. The molecule has 42 heavy (non-hydrogen) atoms. The lowest BCUT2D eigenvalue weighted by atomic mass is 10.2. The summed E-state index contributed by atoms with van der Waals surface area (Å²) in [7, 11) is 1.64. The molecule has 1 aromatic rings. The van der Waals surface area contributed by atoms with Gasteiger partial charge in [0, 0.05) is 18.6 Å². The number of amidine groups is 1. The average molecular weight is 633 g/mol. The quantitative estimate of drug-likeness (QED) is 0.0959. The van der Waals surface area contributed by atoms with E-state index in [1.807, 2.05) is 89.6 Å². The van der Waals surface area contributed by atoms with Gasteiger partial charge < -0.3 is 10.5 Å². The summed E-state index contributed by atoms with van der Waals surface area (Å²) in [5.41, 5.74) is 7.92. The van der Waals surface area contributed by atoms with Crippen LogP contribution in [0, 0.1) is 0 Å². The number of hydrogen-bond donors (Lipinski definition) is 1. The lowest BCUT2D eigenvalue weighted by molar-refractivity contribution is -0.105. The molecule has 0 unspecified atom stereocenters. The monoisotopic (exact) mass is 632 g/mol. The number of thioether (sulfide) groups is 2. The van der Waals surface area contributed by atoms with Crippen molar-refractivity contribution in [3.8, 4) is 0 Å². The number of alkyl halides is 2. The maximum Gasteiger partial charge on any atom is 0.229 e. The number of rotatable bonds is 9. The molecule has 1 aromatic carbocycles. The molecule has 0 heterocycles. The molecule has 0 bridgehead atoms. The SMILES string of the molecule is C=C.C=C(S/C=C(\C)C=O)c1ccccc1.C=CCOC.CC.CC.CC/C=C(\C)C=O.CCN=C(N)SC.FCF. The zero-order valence-electron chi connectivity index (χ0n) is 27.8. The van der Waals surface area contributed by atoms with Gasteiger partial charge in [0.2, 0.25) is 6.93 Å². The molecule has 2 N–H and O–H groups in total. The first kappa shape index (κ1) is 55.2. The number of carbonyl (C=O) groups is 2. The van der Waals surface area contributed by atoms with Crippen LogP contribution in [0.5, 0.6) is 0 Å². The molecule has 0 aliphatic carbocycles. The van der Waals surface area contributed by atoms with E-state index in [1.165, 1.54) is 23.5 Å². The topological polar surface area (TPSA) is 81.8 Å². The Morgan fingerprint density at radius 3 is 1.69 bits per heavy atom. The van der Waals surface area contributed by atoms with Crippen LogP contribution in [0.2, 0.25) is 0 Å². The predicted octanol–water partition coefficient (Wildman–Crippen LogP) is 10.3. The Kier molecular flexibility index (Phi) is 76.2. The van der Waals surface area contributed by atoms with Crippen molar-refractivity contribution in [2.75, 3.05) is 33.4 Å². The molecule has 0 spiro atoms. The van der Waals surface area contributed by atoms with E-state index in [0.717, 1.165) is 41.6 Å². The lowest BCUT2D eigenvalue weighted by Crippen LogP contribution is -2.05. The fraction of sp³-hybridized carbons (Fsp3) is 0.424. The van der Waals surface area contributed by atoms with E-state index < -0.39 is 6.93 Å². The van der Waals surface area contributed by atoms with Crippen LogP contribution in [-0.2, 0) is 14.3 Å². The molecule has 1 rings (SSSR count). The molecular formula is C33H58F2N2O3S2. The van der Waals surface area contributed by atoms with Gasteiger partial charge in [0.25, 0.3) is 0 Å². The Hall–Kier alpha value is -2.75. The molecule has 0 aliphatic heterocycles. The summed E-state index contributed by atoms with van der Waals surface area (Å²) >= 11 is 2.95. The van der Waals surface area contributed by atoms with Gasteiger partial charge in [-0.05, 0) is 55.6 Å². The number of aliphatic imine (C=N–C) groups is 1. The Balaban J connectivity index is -0.0000000754. The fourth-order valence-electron chi connectivity index (χ4n) is 1.59. The van der Waals surface area contributed by atoms with Crippen molar-refractivity contribution in [3.05, 3.63) is 90.9 Å². The molecule has 0 fully saturated rings. The highest BCUT2D eigenvalue weighted by molar-refractivity contribution is 8.13. The number of aldehydes is 2. The number of nitrogens with zero attached hydrogens (tertiary/aromatic N) is 1. The molecule has 0 atom stereocenters. The maximum atomic E-state index is 10.3. The van der Waals surface area contributed by atoms with Gasteiger partial charge in [-0.25, -0.2) is 8.78 Å². The predicted molar refractivity (Wildman–Crippen MR) is 192 cm³/mol.